The second kappa shape index (κ2) is 16.3. The maximum atomic E-state index is 14.1. The van der Waals surface area contributed by atoms with E-state index in [0.29, 0.717) is 42.7 Å². The number of benzene rings is 3. The van der Waals surface area contributed by atoms with Crippen LogP contribution >= 0.6 is 0 Å². The van der Waals surface area contributed by atoms with Crippen LogP contribution in [-0.2, 0) is 19.4 Å². The van der Waals surface area contributed by atoms with Crippen LogP contribution in [0.25, 0.3) is 0 Å². The predicted molar refractivity (Wildman–Crippen MR) is 164 cm³/mol. The molecule has 2 atom stereocenters. The molecule has 0 radical (unpaired) electrons. The Morgan fingerprint density at radius 1 is 0.976 bits per heavy atom. The van der Waals surface area contributed by atoms with Gasteiger partial charge in [-0.1, -0.05) is 56.3 Å². The van der Waals surface area contributed by atoms with Gasteiger partial charge in [-0.2, -0.15) is 5.26 Å². The largest absolute Gasteiger partial charge is 0.497 e. The third-order valence-electron chi connectivity index (χ3n) is 7.24. The van der Waals surface area contributed by atoms with Gasteiger partial charge < -0.3 is 25.8 Å². The molecule has 0 unspecified atom stereocenters. The highest BCUT2D eigenvalue weighted by Gasteiger charge is 2.32. The van der Waals surface area contributed by atoms with Gasteiger partial charge in [-0.05, 0) is 65.8 Å². The molecule has 0 saturated heterocycles. The zero-order chi connectivity index (χ0) is 30.5. The SMILES string of the molecule is CCCN(CCC)C(=O)c1cc(CC#N)cc(C(N)=O)c1[C@H](Cc1ccccc1)[C@@H](O)CNCc1cccc(OC)c1. The Hall–Kier alpha value is -4.19. The van der Waals surface area contributed by atoms with Crippen LogP contribution in [-0.4, -0.2) is 54.7 Å². The highest BCUT2D eigenvalue weighted by atomic mass is 16.5. The Labute approximate surface area is 249 Å². The molecule has 42 heavy (non-hydrogen) atoms. The fourth-order valence-corrected chi connectivity index (χ4v) is 5.30. The Kier molecular flexibility index (Phi) is 12.5. The summed E-state index contributed by atoms with van der Waals surface area (Å²) in [6.45, 7) is 5.81. The summed E-state index contributed by atoms with van der Waals surface area (Å²) in [6.07, 6.45) is 0.976. The minimum atomic E-state index is -0.965. The Balaban J connectivity index is 2.10. The third-order valence-corrected chi connectivity index (χ3v) is 7.24. The van der Waals surface area contributed by atoms with Crippen molar-refractivity contribution < 1.29 is 19.4 Å². The number of hydrogen-bond donors (Lipinski definition) is 3. The van der Waals surface area contributed by atoms with Crippen molar-refractivity contribution in [2.75, 3.05) is 26.7 Å². The molecule has 0 heterocycles. The van der Waals surface area contributed by atoms with E-state index in [1.165, 1.54) is 0 Å². The monoisotopic (exact) mass is 570 g/mol. The van der Waals surface area contributed by atoms with Crippen LogP contribution in [0.1, 0.15) is 75.6 Å². The number of nitrogens with two attached hydrogens (primary N) is 1. The van der Waals surface area contributed by atoms with Crippen molar-refractivity contribution in [1.82, 2.24) is 10.2 Å². The topological polar surface area (TPSA) is 129 Å². The Morgan fingerprint density at radius 3 is 2.26 bits per heavy atom. The number of carbonyl (C=O) groups is 2. The molecule has 3 aromatic carbocycles. The standard InChI is InChI=1S/C34H42N4O4/c1-4-16-38(17-5-2)34(41)30-21-25(14-15-35)20-29(33(36)40)32(30)28(19-24-10-7-6-8-11-24)31(39)23-37-22-26-12-9-13-27(18-26)42-3/h6-13,18,20-21,28,31,37,39H,4-5,14,16-17,19,22-23H2,1-3H3,(H2,36,40)/t28-,31+/m1/s1. The Bertz CT molecular complexity index is 1360. The maximum absolute atomic E-state index is 14.1. The van der Waals surface area contributed by atoms with Crippen molar-refractivity contribution in [1.29, 1.82) is 5.26 Å². The average molecular weight is 571 g/mol. The van der Waals surface area contributed by atoms with Gasteiger partial charge in [-0.25, -0.2) is 0 Å². The van der Waals surface area contributed by atoms with Crippen LogP contribution in [0.3, 0.4) is 0 Å². The molecule has 3 rings (SSSR count). The summed E-state index contributed by atoms with van der Waals surface area (Å²) in [5, 5.41) is 24.5. The molecule has 8 nitrogen and oxygen atoms in total. The number of primary amides is 1. The lowest BCUT2D eigenvalue weighted by Gasteiger charge is -2.30. The van der Waals surface area contributed by atoms with E-state index in [9.17, 15) is 20.0 Å². The number of nitrogens with one attached hydrogen (secondary N) is 1. The molecule has 222 valence electrons. The molecule has 3 aromatic rings. The average Bonchev–Trinajstić information content (AvgIpc) is 3.00. The van der Waals surface area contributed by atoms with Gasteiger partial charge in [-0.3, -0.25) is 9.59 Å². The summed E-state index contributed by atoms with van der Waals surface area (Å²) in [5.41, 5.74) is 9.29. The summed E-state index contributed by atoms with van der Waals surface area (Å²) in [5.74, 6) is -0.823. The molecule has 0 spiro atoms. The van der Waals surface area contributed by atoms with Gasteiger partial charge >= 0.3 is 0 Å². The number of ether oxygens (including phenoxy) is 1. The van der Waals surface area contributed by atoms with Gasteiger partial charge in [0.25, 0.3) is 5.91 Å². The van der Waals surface area contributed by atoms with Crippen LogP contribution in [0.4, 0.5) is 0 Å². The molecule has 0 aliphatic heterocycles. The summed E-state index contributed by atoms with van der Waals surface area (Å²) in [4.78, 5) is 28.8. The third kappa shape index (κ3) is 8.65. The van der Waals surface area contributed by atoms with Gasteiger partial charge in [0.05, 0.1) is 25.7 Å². The van der Waals surface area contributed by atoms with Gasteiger partial charge in [0.1, 0.15) is 5.75 Å². The lowest BCUT2D eigenvalue weighted by atomic mass is 9.80. The first kappa shape index (κ1) is 32.3. The fraction of sp³-hybridized carbons (Fsp3) is 0.382. The molecular weight excluding hydrogens is 528 g/mol. The molecule has 2 amide bonds. The molecule has 0 bridgehead atoms. The van der Waals surface area contributed by atoms with E-state index in [1.54, 1.807) is 24.1 Å². The number of rotatable bonds is 16. The first-order valence-corrected chi connectivity index (χ1v) is 14.5. The fourth-order valence-electron chi connectivity index (χ4n) is 5.30. The van der Waals surface area contributed by atoms with Gasteiger partial charge in [0.15, 0.2) is 0 Å². The van der Waals surface area contributed by atoms with Crippen LogP contribution in [0.15, 0.2) is 66.7 Å². The highest BCUT2D eigenvalue weighted by molar-refractivity contribution is 6.02. The lowest BCUT2D eigenvalue weighted by molar-refractivity contribution is 0.0751. The number of amides is 2. The zero-order valence-electron chi connectivity index (χ0n) is 24.8. The van der Waals surface area contributed by atoms with Crippen molar-refractivity contribution >= 4 is 11.8 Å². The molecule has 0 fully saturated rings. The number of methoxy groups -OCH3 is 1. The lowest BCUT2D eigenvalue weighted by Crippen LogP contribution is -2.37. The first-order valence-electron chi connectivity index (χ1n) is 14.5. The predicted octanol–water partition coefficient (Wildman–Crippen LogP) is 4.60. The molecular formula is C34H42N4O4. The number of aliphatic hydroxyl groups excluding tert-OH is 1. The van der Waals surface area contributed by atoms with Crippen LogP contribution < -0.4 is 15.8 Å². The minimum Gasteiger partial charge on any atom is -0.497 e. The van der Waals surface area contributed by atoms with Crippen LogP contribution in [0.5, 0.6) is 5.75 Å². The van der Waals surface area contributed by atoms with E-state index in [4.69, 9.17) is 10.5 Å². The van der Waals surface area contributed by atoms with Gasteiger partial charge in [0.2, 0.25) is 5.91 Å². The maximum Gasteiger partial charge on any atom is 0.254 e. The van der Waals surface area contributed by atoms with E-state index in [-0.39, 0.29) is 24.4 Å². The van der Waals surface area contributed by atoms with E-state index < -0.39 is 17.9 Å². The van der Waals surface area contributed by atoms with Crippen molar-refractivity contribution in [3.8, 4) is 11.8 Å². The van der Waals surface area contributed by atoms with Gasteiger partial charge in [-0.15, -0.1) is 0 Å². The number of hydrogen-bond acceptors (Lipinski definition) is 6. The van der Waals surface area contributed by atoms with Crippen molar-refractivity contribution in [2.45, 2.75) is 58.1 Å². The zero-order valence-corrected chi connectivity index (χ0v) is 24.8. The molecule has 8 heteroatoms. The van der Waals surface area contributed by atoms with Gasteiger partial charge in [0, 0.05) is 43.2 Å². The van der Waals surface area contributed by atoms with E-state index in [0.717, 1.165) is 29.7 Å². The number of nitriles is 1. The van der Waals surface area contributed by atoms with E-state index in [2.05, 4.69) is 11.4 Å². The summed E-state index contributed by atoms with van der Waals surface area (Å²) >= 11 is 0. The second-order valence-electron chi connectivity index (χ2n) is 10.4. The minimum absolute atomic E-state index is 0.0242. The van der Waals surface area contributed by atoms with E-state index >= 15 is 0 Å². The number of carbonyl (C=O) groups excluding carboxylic acids is 2. The molecule has 0 saturated carbocycles. The van der Waals surface area contributed by atoms with E-state index in [1.807, 2.05) is 68.4 Å². The molecule has 0 aliphatic rings. The van der Waals surface area contributed by atoms with Crippen LogP contribution in [0.2, 0.25) is 0 Å². The molecule has 0 aliphatic carbocycles. The quantitative estimate of drug-likeness (QED) is 0.231. The summed E-state index contributed by atoms with van der Waals surface area (Å²) in [7, 11) is 1.61. The van der Waals surface area contributed by atoms with Crippen molar-refractivity contribution in [2.24, 2.45) is 5.73 Å². The normalized spacial score (nSPS) is 12.3. The highest BCUT2D eigenvalue weighted by Crippen LogP contribution is 2.33. The summed E-state index contributed by atoms with van der Waals surface area (Å²) < 4.78 is 5.32. The second-order valence-corrected chi connectivity index (χ2v) is 10.4. The number of aliphatic hydroxyl groups is 1. The Morgan fingerprint density at radius 2 is 1.64 bits per heavy atom. The first-order chi connectivity index (χ1) is 20.3. The molecule has 4 N–H and O–H groups in total. The smallest absolute Gasteiger partial charge is 0.254 e. The molecule has 0 aromatic heterocycles. The number of nitrogens with zero attached hydrogens (tertiary/aromatic N) is 2. The van der Waals surface area contributed by atoms with Crippen LogP contribution in [0, 0.1) is 11.3 Å². The summed E-state index contributed by atoms with van der Waals surface area (Å²) in [6, 6.07) is 22.7. The van der Waals surface area contributed by atoms with Crippen molar-refractivity contribution in [3.05, 3.63) is 100 Å². The van der Waals surface area contributed by atoms with Crippen molar-refractivity contribution in [3.63, 3.8) is 0 Å².